The fraction of sp³-hybridized carbons (Fsp3) is 0.308. The monoisotopic (exact) mass is 1020 g/mol. The fourth-order valence-electron chi connectivity index (χ4n) is 14.2. The van der Waals surface area contributed by atoms with Crippen LogP contribution in [0.5, 0.6) is 0 Å². The van der Waals surface area contributed by atoms with Crippen LogP contribution in [0, 0.1) is 55.4 Å². The van der Waals surface area contributed by atoms with E-state index in [2.05, 4.69) is 260 Å². The summed E-state index contributed by atoms with van der Waals surface area (Å²) in [6.45, 7) is 46.5. The molecule has 0 saturated carbocycles. The Labute approximate surface area is 465 Å². The lowest BCUT2D eigenvalue weighted by Gasteiger charge is -2.23. The lowest BCUT2D eigenvalue weighted by molar-refractivity contribution is 0.589. The highest BCUT2D eigenvalue weighted by Gasteiger charge is 2.27. The number of hydrogen-bond donors (Lipinski definition) is 0. The van der Waals surface area contributed by atoms with E-state index in [1.54, 1.807) is 0 Å². The molecule has 0 aromatic heterocycles. The molecule has 392 valence electrons. The van der Waals surface area contributed by atoms with Gasteiger partial charge in [0, 0.05) is 0 Å². The molecule has 0 fully saturated rings. The molecule has 0 aliphatic carbocycles. The number of aryl methyl sites for hydroxylation is 8. The second kappa shape index (κ2) is 17.2. The van der Waals surface area contributed by atoms with E-state index in [1.807, 2.05) is 0 Å². The van der Waals surface area contributed by atoms with E-state index in [-0.39, 0.29) is 21.7 Å². The zero-order valence-corrected chi connectivity index (χ0v) is 50.5. The summed E-state index contributed by atoms with van der Waals surface area (Å²) >= 11 is 0. The van der Waals surface area contributed by atoms with Crippen LogP contribution >= 0.6 is 0 Å². The summed E-state index contributed by atoms with van der Waals surface area (Å²) in [5, 5.41) is 18.6. The Morgan fingerprint density at radius 3 is 0.628 bits per heavy atom. The molecule has 0 N–H and O–H groups in total. The largest absolute Gasteiger partial charge is 0.0561 e. The Kier molecular flexibility index (Phi) is 11.4. The van der Waals surface area contributed by atoms with Crippen LogP contribution in [0.25, 0.3) is 120 Å². The second-order valence-electron chi connectivity index (χ2n) is 28.3. The van der Waals surface area contributed by atoms with Crippen molar-refractivity contribution < 1.29 is 0 Å². The van der Waals surface area contributed by atoms with Gasteiger partial charge in [-0.1, -0.05) is 156 Å². The summed E-state index contributed by atoms with van der Waals surface area (Å²) in [6, 6.07) is 49.6. The third kappa shape index (κ3) is 8.05. The minimum Gasteiger partial charge on any atom is -0.0561 e. The highest BCUT2D eigenvalue weighted by Crippen LogP contribution is 2.52. The lowest BCUT2D eigenvalue weighted by atomic mass is 9.82. The number of benzene rings is 10. The van der Waals surface area contributed by atoms with Crippen LogP contribution < -0.4 is 0 Å². The first-order valence-corrected chi connectivity index (χ1v) is 28.8. The molecule has 12 aromatic rings. The third-order valence-corrected chi connectivity index (χ3v) is 18.2. The van der Waals surface area contributed by atoms with Crippen LogP contribution in [0.1, 0.15) is 150 Å². The maximum absolute atomic E-state index is 2.60. The molecule has 0 amide bonds. The van der Waals surface area contributed by atoms with Crippen LogP contribution in [0.15, 0.2) is 121 Å². The molecule has 0 heteroatoms. The molecular formula is C78H80. The number of fused-ring (bicyclic) bond motifs is 9. The van der Waals surface area contributed by atoms with Crippen LogP contribution in [0.3, 0.4) is 0 Å². The van der Waals surface area contributed by atoms with Crippen LogP contribution in [-0.4, -0.2) is 0 Å². The van der Waals surface area contributed by atoms with Crippen molar-refractivity contribution in [3.63, 3.8) is 0 Å². The van der Waals surface area contributed by atoms with E-state index < -0.39 is 0 Å². The molecule has 12 rings (SSSR count). The van der Waals surface area contributed by atoms with Crippen LogP contribution in [0.2, 0.25) is 0 Å². The van der Waals surface area contributed by atoms with Gasteiger partial charge in [-0.3, -0.25) is 0 Å². The molecule has 0 aliphatic rings. The summed E-state index contributed by atoms with van der Waals surface area (Å²) in [6.07, 6.45) is 0. The van der Waals surface area contributed by atoms with Gasteiger partial charge >= 0.3 is 0 Å². The first-order chi connectivity index (χ1) is 36.5. The minimum absolute atomic E-state index is 0.0492. The van der Waals surface area contributed by atoms with Gasteiger partial charge < -0.3 is 0 Å². The van der Waals surface area contributed by atoms with Crippen molar-refractivity contribution in [1.29, 1.82) is 0 Å². The molecule has 0 radical (unpaired) electrons. The molecule has 0 aliphatic heterocycles. The summed E-state index contributed by atoms with van der Waals surface area (Å²) in [5.41, 5.74) is 26.9. The highest BCUT2D eigenvalue weighted by atomic mass is 14.3. The Balaban J connectivity index is 1.24. The summed E-state index contributed by atoms with van der Waals surface area (Å²) in [7, 11) is 0. The lowest BCUT2D eigenvalue weighted by Crippen LogP contribution is -2.12. The number of hydrogen-bond acceptors (Lipinski definition) is 0. The zero-order chi connectivity index (χ0) is 55.8. The van der Waals surface area contributed by atoms with Gasteiger partial charge in [0.15, 0.2) is 0 Å². The molecule has 0 saturated heterocycles. The van der Waals surface area contributed by atoms with Crippen LogP contribution in [0.4, 0.5) is 0 Å². The molecule has 0 heterocycles. The molecule has 0 spiro atoms. The van der Waals surface area contributed by atoms with Crippen molar-refractivity contribution in [3.05, 3.63) is 188 Å². The first kappa shape index (κ1) is 51.7. The van der Waals surface area contributed by atoms with E-state index in [0.29, 0.717) is 0 Å². The minimum atomic E-state index is 0.0492. The molecule has 78 heavy (non-hydrogen) atoms. The Morgan fingerprint density at radius 1 is 0.192 bits per heavy atom. The van der Waals surface area contributed by atoms with Gasteiger partial charge in [-0.25, -0.2) is 0 Å². The highest BCUT2D eigenvalue weighted by molar-refractivity contribution is 6.42. The van der Waals surface area contributed by atoms with Gasteiger partial charge in [0.1, 0.15) is 0 Å². The fourth-order valence-corrected chi connectivity index (χ4v) is 14.2. The predicted molar refractivity (Wildman–Crippen MR) is 346 cm³/mol. The Hall–Kier alpha value is -7.02. The molecule has 0 bridgehead atoms. The maximum Gasteiger partial charge on any atom is -0.00195 e. The zero-order valence-electron chi connectivity index (χ0n) is 50.5. The van der Waals surface area contributed by atoms with Crippen molar-refractivity contribution in [2.45, 2.75) is 160 Å². The standard InChI is InChI=1S/C78H80/c1-41-25-53(75(9,10)11)26-42(2)69(41)49-21-23-57-59(33-49)67-39-61-62(65-37-51(35-63(57)73(65)67)71-45(5)29-55(30-46(71)6)77(15,16)17)40-68-60-34-50(70-43(3)27-54(28-44(70)4)76(12,13)14)22-24-58(60)64-36-52(38-66(61)74(64)68)72-47(7)31-56(32-48(72)8)78(18,19)20/h21-40H,1-20H3. The Morgan fingerprint density at radius 2 is 0.385 bits per heavy atom. The van der Waals surface area contributed by atoms with E-state index in [1.165, 1.54) is 187 Å². The summed E-state index contributed by atoms with van der Waals surface area (Å²) in [5.74, 6) is 0. The van der Waals surface area contributed by atoms with Gasteiger partial charge in [0.05, 0.1) is 0 Å². The van der Waals surface area contributed by atoms with Gasteiger partial charge in [0.25, 0.3) is 0 Å². The maximum atomic E-state index is 2.60. The SMILES string of the molecule is Cc1cc(C(C)(C)C)cc(C)c1-c1ccc2c(c1)c1cc3c(cc4c5cc(-c6c(C)cc(C(C)(C)C)cc6C)ccc5c5cc(-c6c(C)cc(C(C)(C)C)cc6C)cc3c54)c3cc(-c4c(C)cc(C(C)(C)C)cc4C)cc2c31. The molecule has 0 unspecified atom stereocenters. The van der Waals surface area contributed by atoms with Crippen molar-refractivity contribution >= 4 is 75.4 Å². The van der Waals surface area contributed by atoms with E-state index in [4.69, 9.17) is 0 Å². The normalized spacial score (nSPS) is 13.1. The van der Waals surface area contributed by atoms with E-state index >= 15 is 0 Å². The average Bonchev–Trinajstić information content (AvgIpc) is 3.23. The Bertz CT molecular complexity index is 4130. The molecule has 0 atom stereocenters. The second-order valence-corrected chi connectivity index (χ2v) is 28.3. The summed E-state index contributed by atoms with van der Waals surface area (Å²) in [4.78, 5) is 0. The third-order valence-electron chi connectivity index (χ3n) is 18.2. The number of rotatable bonds is 4. The van der Waals surface area contributed by atoms with Crippen molar-refractivity contribution in [3.8, 4) is 44.5 Å². The van der Waals surface area contributed by atoms with Crippen molar-refractivity contribution in [1.82, 2.24) is 0 Å². The average molecular weight is 1020 g/mol. The van der Waals surface area contributed by atoms with Gasteiger partial charge in [-0.05, 0) is 312 Å². The summed E-state index contributed by atoms with van der Waals surface area (Å²) < 4.78 is 0. The molecule has 12 aromatic carbocycles. The molecule has 0 nitrogen and oxygen atoms in total. The van der Waals surface area contributed by atoms with Crippen LogP contribution in [-0.2, 0) is 21.7 Å². The molecular weight excluding hydrogens is 937 g/mol. The quantitative estimate of drug-likeness (QED) is 0.154. The van der Waals surface area contributed by atoms with E-state index in [0.717, 1.165) is 0 Å². The van der Waals surface area contributed by atoms with Gasteiger partial charge in [0.2, 0.25) is 0 Å². The van der Waals surface area contributed by atoms with Crippen molar-refractivity contribution in [2.24, 2.45) is 0 Å². The van der Waals surface area contributed by atoms with Crippen molar-refractivity contribution in [2.75, 3.05) is 0 Å². The topological polar surface area (TPSA) is 0 Å². The smallest absolute Gasteiger partial charge is 0.00195 e. The predicted octanol–water partition coefficient (Wildman–Crippen LogP) is 23.0. The van der Waals surface area contributed by atoms with Gasteiger partial charge in [-0.15, -0.1) is 0 Å². The van der Waals surface area contributed by atoms with Gasteiger partial charge in [-0.2, -0.15) is 0 Å². The van der Waals surface area contributed by atoms with E-state index in [9.17, 15) is 0 Å². The first-order valence-electron chi connectivity index (χ1n) is 28.8.